The van der Waals surface area contributed by atoms with Crippen LogP contribution in [0.1, 0.15) is 5.69 Å². The Bertz CT molecular complexity index is 1120. The summed E-state index contributed by atoms with van der Waals surface area (Å²) in [5, 5.41) is 8.02. The second-order valence-corrected chi connectivity index (χ2v) is 6.64. The Kier molecular flexibility index (Phi) is 4.09. The molecular formula is C18H19N9O. The summed E-state index contributed by atoms with van der Waals surface area (Å²) < 4.78 is 9.84. The maximum atomic E-state index is 5.94. The molecule has 10 heteroatoms. The molecule has 0 aliphatic carbocycles. The lowest BCUT2D eigenvalue weighted by Crippen LogP contribution is -2.36. The van der Waals surface area contributed by atoms with Crippen molar-refractivity contribution in [1.29, 1.82) is 0 Å². The van der Waals surface area contributed by atoms with Crippen molar-refractivity contribution in [2.45, 2.75) is 13.1 Å². The van der Waals surface area contributed by atoms with Crippen molar-refractivity contribution in [2.24, 2.45) is 0 Å². The molecule has 10 nitrogen and oxygen atoms in total. The van der Waals surface area contributed by atoms with Crippen LogP contribution >= 0.6 is 0 Å². The highest BCUT2D eigenvalue weighted by Gasteiger charge is 2.16. The van der Waals surface area contributed by atoms with Crippen LogP contribution in [0.15, 0.2) is 43.1 Å². The van der Waals surface area contributed by atoms with Crippen LogP contribution in [0.5, 0.6) is 5.75 Å². The summed E-state index contributed by atoms with van der Waals surface area (Å²) in [5.74, 6) is 1.21. The highest BCUT2D eigenvalue weighted by atomic mass is 16.5. The van der Waals surface area contributed by atoms with Gasteiger partial charge in [-0.1, -0.05) is 5.21 Å². The summed E-state index contributed by atoms with van der Waals surface area (Å²) in [7, 11) is 0. The molecule has 0 atom stereocenters. The van der Waals surface area contributed by atoms with Crippen LogP contribution in [0.25, 0.3) is 17.0 Å². The molecule has 0 saturated carbocycles. The molecule has 0 spiro atoms. The van der Waals surface area contributed by atoms with E-state index in [1.54, 1.807) is 12.3 Å². The third-order valence-corrected chi connectivity index (χ3v) is 4.82. The Morgan fingerprint density at radius 1 is 1.11 bits per heavy atom. The van der Waals surface area contributed by atoms with Gasteiger partial charge in [0, 0.05) is 38.0 Å². The summed E-state index contributed by atoms with van der Waals surface area (Å²) in [6.07, 6.45) is 6.97. The van der Waals surface area contributed by atoms with Gasteiger partial charge >= 0.3 is 0 Å². The first kappa shape index (κ1) is 16.6. The van der Waals surface area contributed by atoms with E-state index in [4.69, 9.17) is 10.5 Å². The zero-order valence-electron chi connectivity index (χ0n) is 15.1. The fourth-order valence-electron chi connectivity index (χ4n) is 3.37. The normalized spacial score (nSPS) is 14.3. The smallest absolute Gasteiger partial charge is 0.140 e. The Balaban J connectivity index is 1.25. The lowest BCUT2D eigenvalue weighted by molar-refractivity contribution is 0.172. The Hall–Kier alpha value is -3.53. The molecule has 28 heavy (non-hydrogen) atoms. The predicted molar refractivity (Wildman–Crippen MR) is 101 cm³/mol. The first-order chi connectivity index (χ1) is 13.8. The van der Waals surface area contributed by atoms with Gasteiger partial charge < -0.3 is 10.5 Å². The first-order valence-corrected chi connectivity index (χ1v) is 9.04. The number of nitrogen functional groups attached to an aromatic ring is 1. The molecule has 0 unspecified atom stereocenters. The fourth-order valence-corrected chi connectivity index (χ4v) is 3.37. The molecule has 5 heterocycles. The van der Waals surface area contributed by atoms with Gasteiger partial charge in [-0.25, -0.2) is 19.6 Å². The fraction of sp³-hybridized carbons (Fsp3) is 0.278. The molecule has 0 amide bonds. The van der Waals surface area contributed by atoms with Gasteiger partial charge in [0.1, 0.15) is 30.1 Å². The van der Waals surface area contributed by atoms with E-state index >= 15 is 0 Å². The van der Waals surface area contributed by atoms with Crippen LogP contribution in [-0.4, -0.2) is 58.9 Å². The molecule has 4 aromatic rings. The van der Waals surface area contributed by atoms with Gasteiger partial charge in [-0.15, -0.1) is 5.10 Å². The van der Waals surface area contributed by atoms with Crippen LogP contribution < -0.4 is 10.5 Å². The molecule has 0 aromatic carbocycles. The van der Waals surface area contributed by atoms with Crippen LogP contribution in [0.2, 0.25) is 0 Å². The number of ether oxygens (including phenoxy) is 1. The summed E-state index contributed by atoms with van der Waals surface area (Å²) in [6, 6.07) is 5.58. The van der Waals surface area contributed by atoms with Crippen LogP contribution in [0.3, 0.4) is 0 Å². The van der Waals surface area contributed by atoms with E-state index in [1.807, 2.05) is 33.6 Å². The topological polar surface area (TPSA) is 112 Å². The van der Waals surface area contributed by atoms with E-state index in [2.05, 4.69) is 30.2 Å². The van der Waals surface area contributed by atoms with E-state index < -0.39 is 0 Å². The van der Waals surface area contributed by atoms with Gasteiger partial charge in [-0.05, 0) is 6.07 Å². The van der Waals surface area contributed by atoms with Crippen molar-refractivity contribution in [3.8, 4) is 17.1 Å². The van der Waals surface area contributed by atoms with Gasteiger partial charge in [-0.3, -0.25) is 9.30 Å². The van der Waals surface area contributed by atoms with Gasteiger partial charge in [0.05, 0.1) is 36.0 Å². The molecule has 1 aliphatic heterocycles. The Labute approximate surface area is 160 Å². The van der Waals surface area contributed by atoms with Crippen molar-refractivity contribution in [1.82, 2.24) is 39.2 Å². The third-order valence-electron chi connectivity index (χ3n) is 4.82. The SMILES string of the molecule is Nc1cc(-c2cnc3cc(OCCN4CCn5nncc5C4)ccn23)ncn1. The molecule has 0 bridgehead atoms. The molecule has 2 N–H and O–H groups in total. The Morgan fingerprint density at radius 3 is 3.00 bits per heavy atom. The Morgan fingerprint density at radius 2 is 2.07 bits per heavy atom. The second-order valence-electron chi connectivity index (χ2n) is 6.64. The minimum absolute atomic E-state index is 0.427. The van der Waals surface area contributed by atoms with E-state index in [1.165, 1.54) is 6.33 Å². The summed E-state index contributed by atoms with van der Waals surface area (Å²) in [6.45, 7) is 4.11. The van der Waals surface area contributed by atoms with Crippen LogP contribution in [0.4, 0.5) is 5.82 Å². The average molecular weight is 377 g/mol. The van der Waals surface area contributed by atoms with Gasteiger partial charge in [-0.2, -0.15) is 0 Å². The van der Waals surface area contributed by atoms with Crippen LogP contribution in [0, 0.1) is 0 Å². The number of hydrogen-bond donors (Lipinski definition) is 1. The zero-order chi connectivity index (χ0) is 18.9. The standard InChI is InChI=1S/C18H19N9O/c19-17-8-15(21-12-22-17)16-10-20-18-7-14(1-2-26(16)18)28-6-5-25-3-4-27-13(11-25)9-23-24-27/h1-2,7-10,12H,3-6,11H2,(H2,19,21,22). The van der Waals surface area contributed by atoms with Gasteiger partial charge in [0.2, 0.25) is 0 Å². The number of pyridine rings is 1. The quantitative estimate of drug-likeness (QED) is 0.545. The number of nitrogens with zero attached hydrogens (tertiary/aromatic N) is 8. The maximum absolute atomic E-state index is 5.94. The number of imidazole rings is 1. The minimum Gasteiger partial charge on any atom is -0.492 e. The zero-order valence-corrected chi connectivity index (χ0v) is 15.1. The van der Waals surface area contributed by atoms with Crippen molar-refractivity contribution in [2.75, 3.05) is 25.4 Å². The molecule has 5 rings (SSSR count). The molecule has 0 saturated heterocycles. The van der Waals surface area contributed by atoms with E-state index in [0.29, 0.717) is 12.4 Å². The summed E-state index contributed by atoms with van der Waals surface area (Å²) in [4.78, 5) is 15.0. The lowest BCUT2D eigenvalue weighted by atomic mass is 10.3. The van der Waals surface area contributed by atoms with Crippen molar-refractivity contribution in [3.05, 3.63) is 48.8 Å². The number of rotatable bonds is 5. The molecule has 0 radical (unpaired) electrons. The first-order valence-electron chi connectivity index (χ1n) is 9.04. The predicted octanol–water partition coefficient (Wildman–Crippen LogP) is 0.860. The number of nitrogens with two attached hydrogens (primary N) is 1. The van der Waals surface area contributed by atoms with E-state index in [9.17, 15) is 0 Å². The van der Waals surface area contributed by atoms with Gasteiger partial charge in [0.15, 0.2) is 0 Å². The molecule has 142 valence electrons. The molecular weight excluding hydrogens is 358 g/mol. The van der Waals surface area contributed by atoms with Crippen LogP contribution in [-0.2, 0) is 13.1 Å². The number of aromatic nitrogens is 7. The number of anilines is 1. The number of hydrogen-bond acceptors (Lipinski definition) is 8. The number of fused-ring (bicyclic) bond motifs is 2. The average Bonchev–Trinajstić information content (AvgIpc) is 3.34. The third kappa shape index (κ3) is 3.14. The molecule has 0 fully saturated rings. The van der Waals surface area contributed by atoms with Crippen molar-refractivity contribution in [3.63, 3.8) is 0 Å². The minimum atomic E-state index is 0.427. The van der Waals surface area contributed by atoms with E-state index in [0.717, 1.165) is 54.7 Å². The monoisotopic (exact) mass is 377 g/mol. The van der Waals surface area contributed by atoms with Gasteiger partial charge in [0.25, 0.3) is 0 Å². The second kappa shape index (κ2) is 6.89. The molecule has 4 aromatic heterocycles. The van der Waals surface area contributed by atoms with Crippen molar-refractivity contribution >= 4 is 11.5 Å². The van der Waals surface area contributed by atoms with Crippen molar-refractivity contribution < 1.29 is 4.74 Å². The largest absolute Gasteiger partial charge is 0.492 e. The maximum Gasteiger partial charge on any atom is 0.140 e. The summed E-state index contributed by atoms with van der Waals surface area (Å²) in [5.41, 5.74) is 9.27. The summed E-state index contributed by atoms with van der Waals surface area (Å²) >= 11 is 0. The van der Waals surface area contributed by atoms with E-state index in [-0.39, 0.29) is 0 Å². The lowest BCUT2D eigenvalue weighted by Gasteiger charge is -2.26. The highest BCUT2D eigenvalue weighted by molar-refractivity contribution is 5.62. The highest BCUT2D eigenvalue weighted by Crippen LogP contribution is 2.22. The molecule has 1 aliphatic rings.